The molecular weight excluding hydrogens is 338 g/mol. The van der Waals surface area contributed by atoms with Gasteiger partial charge in [-0.2, -0.15) is 10.2 Å². The molecule has 1 aliphatic heterocycles. The SMILES string of the molecule is Cc1c(/C=N\NC(=O)CN2CCCCC2)c(Cl)nn1-c1ccccc1. The van der Waals surface area contributed by atoms with Gasteiger partial charge in [0.1, 0.15) is 0 Å². The Morgan fingerprint density at radius 1 is 1.28 bits per heavy atom. The fourth-order valence-corrected chi connectivity index (χ4v) is 3.23. The average Bonchev–Trinajstić information content (AvgIpc) is 2.91. The number of para-hydroxylation sites is 1. The lowest BCUT2D eigenvalue weighted by Gasteiger charge is -2.25. The van der Waals surface area contributed by atoms with Crippen molar-refractivity contribution in [3.05, 3.63) is 46.7 Å². The molecule has 1 N–H and O–H groups in total. The van der Waals surface area contributed by atoms with Crippen LogP contribution in [0.3, 0.4) is 0 Å². The van der Waals surface area contributed by atoms with E-state index >= 15 is 0 Å². The summed E-state index contributed by atoms with van der Waals surface area (Å²) in [7, 11) is 0. The molecule has 1 amide bonds. The van der Waals surface area contributed by atoms with Crippen LogP contribution in [0.1, 0.15) is 30.5 Å². The Bertz CT molecular complexity index is 750. The smallest absolute Gasteiger partial charge is 0.254 e. The number of hydrazone groups is 1. The van der Waals surface area contributed by atoms with Crippen LogP contribution in [0.4, 0.5) is 0 Å². The van der Waals surface area contributed by atoms with E-state index in [1.165, 1.54) is 6.42 Å². The summed E-state index contributed by atoms with van der Waals surface area (Å²) in [6.45, 7) is 4.26. The zero-order chi connectivity index (χ0) is 17.6. The van der Waals surface area contributed by atoms with E-state index in [0.29, 0.717) is 17.3 Å². The summed E-state index contributed by atoms with van der Waals surface area (Å²) < 4.78 is 1.76. The normalized spacial score (nSPS) is 15.6. The molecule has 1 aromatic carbocycles. The molecule has 6 nitrogen and oxygen atoms in total. The predicted octanol–water partition coefficient (Wildman–Crippen LogP) is 2.77. The van der Waals surface area contributed by atoms with Crippen LogP contribution in [0.5, 0.6) is 0 Å². The second kappa shape index (κ2) is 8.27. The maximum atomic E-state index is 12.0. The zero-order valence-corrected chi connectivity index (χ0v) is 15.0. The maximum absolute atomic E-state index is 12.0. The van der Waals surface area contributed by atoms with Crippen molar-refractivity contribution < 1.29 is 4.79 Å². The molecule has 0 bridgehead atoms. The van der Waals surface area contributed by atoms with Crippen LogP contribution in [0.15, 0.2) is 35.4 Å². The molecule has 0 spiro atoms. The molecule has 2 heterocycles. The molecule has 1 aromatic heterocycles. The van der Waals surface area contributed by atoms with E-state index in [0.717, 1.165) is 37.3 Å². The van der Waals surface area contributed by atoms with E-state index in [-0.39, 0.29) is 5.91 Å². The van der Waals surface area contributed by atoms with Gasteiger partial charge in [-0.25, -0.2) is 10.1 Å². The number of piperidine rings is 1. The molecule has 1 saturated heterocycles. The second-order valence-electron chi connectivity index (χ2n) is 6.17. The summed E-state index contributed by atoms with van der Waals surface area (Å²) in [6.07, 6.45) is 5.12. The molecule has 0 saturated carbocycles. The number of nitrogens with zero attached hydrogens (tertiary/aromatic N) is 4. The van der Waals surface area contributed by atoms with E-state index in [9.17, 15) is 4.79 Å². The van der Waals surface area contributed by atoms with Gasteiger partial charge in [-0.3, -0.25) is 9.69 Å². The zero-order valence-electron chi connectivity index (χ0n) is 14.3. The minimum atomic E-state index is -0.109. The van der Waals surface area contributed by atoms with Crippen molar-refractivity contribution in [2.45, 2.75) is 26.2 Å². The lowest BCUT2D eigenvalue weighted by Crippen LogP contribution is -2.38. The number of nitrogens with one attached hydrogen (secondary N) is 1. The first kappa shape index (κ1) is 17.6. The van der Waals surface area contributed by atoms with Crippen LogP contribution < -0.4 is 5.43 Å². The first-order valence-corrected chi connectivity index (χ1v) is 8.88. The summed E-state index contributed by atoms with van der Waals surface area (Å²) in [4.78, 5) is 14.1. The summed E-state index contributed by atoms with van der Waals surface area (Å²) in [5, 5.41) is 8.75. The monoisotopic (exact) mass is 359 g/mol. The fourth-order valence-electron chi connectivity index (χ4n) is 2.97. The van der Waals surface area contributed by atoms with Crippen molar-refractivity contribution in [3.63, 3.8) is 0 Å². The van der Waals surface area contributed by atoms with E-state index in [4.69, 9.17) is 11.6 Å². The van der Waals surface area contributed by atoms with Gasteiger partial charge in [0.2, 0.25) is 0 Å². The van der Waals surface area contributed by atoms with Gasteiger partial charge < -0.3 is 0 Å². The van der Waals surface area contributed by atoms with Crippen molar-refractivity contribution >= 4 is 23.7 Å². The van der Waals surface area contributed by atoms with Gasteiger partial charge in [0, 0.05) is 0 Å². The van der Waals surface area contributed by atoms with Crippen LogP contribution in [0.2, 0.25) is 5.15 Å². The van der Waals surface area contributed by atoms with Crippen LogP contribution >= 0.6 is 11.6 Å². The van der Waals surface area contributed by atoms with Crippen LogP contribution in [0.25, 0.3) is 5.69 Å². The van der Waals surface area contributed by atoms with Gasteiger partial charge >= 0.3 is 0 Å². The largest absolute Gasteiger partial charge is 0.294 e. The Labute approximate surface area is 152 Å². The van der Waals surface area contributed by atoms with Crippen molar-refractivity contribution in [2.75, 3.05) is 19.6 Å². The Morgan fingerprint density at radius 2 is 2.00 bits per heavy atom. The third-order valence-electron chi connectivity index (χ3n) is 4.32. The first-order valence-electron chi connectivity index (χ1n) is 8.50. The lowest BCUT2D eigenvalue weighted by molar-refractivity contribution is -0.122. The summed E-state index contributed by atoms with van der Waals surface area (Å²) in [5.74, 6) is -0.109. The third kappa shape index (κ3) is 4.46. The molecule has 1 aliphatic rings. The van der Waals surface area contributed by atoms with E-state index < -0.39 is 0 Å². The number of rotatable bonds is 5. The predicted molar refractivity (Wildman–Crippen MR) is 99.3 cm³/mol. The quantitative estimate of drug-likeness (QED) is 0.659. The molecule has 1 fully saturated rings. The fraction of sp³-hybridized carbons (Fsp3) is 0.389. The number of hydrogen-bond donors (Lipinski definition) is 1. The second-order valence-corrected chi connectivity index (χ2v) is 6.53. The third-order valence-corrected chi connectivity index (χ3v) is 4.60. The van der Waals surface area contributed by atoms with E-state index in [1.807, 2.05) is 37.3 Å². The standard InChI is InChI=1S/C18H22ClN5O/c1-14-16(18(19)22-24(14)15-8-4-2-5-9-15)12-20-21-17(25)13-23-10-6-3-7-11-23/h2,4-5,8-9,12H,3,6-7,10-11,13H2,1H3,(H,21,25)/b20-12-. The van der Waals surface area contributed by atoms with Crippen LogP contribution in [-0.4, -0.2) is 46.4 Å². The van der Waals surface area contributed by atoms with Crippen molar-refractivity contribution in [1.29, 1.82) is 0 Å². The number of amides is 1. The molecule has 7 heteroatoms. The summed E-state index contributed by atoms with van der Waals surface area (Å²) >= 11 is 6.23. The molecule has 0 aliphatic carbocycles. The Morgan fingerprint density at radius 3 is 2.72 bits per heavy atom. The maximum Gasteiger partial charge on any atom is 0.254 e. The van der Waals surface area contributed by atoms with Gasteiger partial charge in [-0.05, 0) is 45.0 Å². The molecule has 0 atom stereocenters. The van der Waals surface area contributed by atoms with Gasteiger partial charge in [-0.1, -0.05) is 36.2 Å². The number of carbonyl (C=O) groups is 1. The number of hydrogen-bond acceptors (Lipinski definition) is 4. The number of likely N-dealkylation sites (tertiary alicyclic amines) is 1. The summed E-state index contributed by atoms with van der Waals surface area (Å²) in [5.41, 5.74) is 5.07. The van der Waals surface area contributed by atoms with Crippen molar-refractivity contribution in [1.82, 2.24) is 20.1 Å². The van der Waals surface area contributed by atoms with Crippen LogP contribution in [-0.2, 0) is 4.79 Å². The van der Waals surface area contributed by atoms with Gasteiger partial charge in [0.15, 0.2) is 5.15 Å². The molecule has 25 heavy (non-hydrogen) atoms. The van der Waals surface area contributed by atoms with Gasteiger partial charge in [0.05, 0.1) is 29.7 Å². The highest BCUT2D eigenvalue weighted by atomic mass is 35.5. The van der Waals surface area contributed by atoms with Crippen LogP contribution in [0, 0.1) is 6.92 Å². The molecular formula is C18H22ClN5O. The van der Waals surface area contributed by atoms with Crippen molar-refractivity contribution in [3.8, 4) is 5.69 Å². The minimum Gasteiger partial charge on any atom is -0.294 e. The number of benzene rings is 1. The molecule has 132 valence electrons. The topological polar surface area (TPSA) is 62.5 Å². The minimum absolute atomic E-state index is 0.109. The summed E-state index contributed by atoms with van der Waals surface area (Å²) in [6, 6.07) is 9.75. The van der Waals surface area contributed by atoms with Gasteiger partial charge in [0.25, 0.3) is 5.91 Å². The number of carbonyl (C=O) groups excluding carboxylic acids is 1. The number of halogens is 1. The Hall–Kier alpha value is -2.18. The molecule has 2 aromatic rings. The van der Waals surface area contributed by atoms with Crippen molar-refractivity contribution in [2.24, 2.45) is 5.10 Å². The average molecular weight is 360 g/mol. The molecule has 0 unspecified atom stereocenters. The highest BCUT2D eigenvalue weighted by molar-refractivity contribution is 6.32. The van der Waals surface area contributed by atoms with E-state index in [1.54, 1.807) is 10.9 Å². The molecule has 0 radical (unpaired) electrons. The Kier molecular flexibility index (Phi) is 5.83. The van der Waals surface area contributed by atoms with E-state index in [2.05, 4.69) is 20.5 Å². The lowest BCUT2D eigenvalue weighted by atomic mass is 10.1. The highest BCUT2D eigenvalue weighted by Gasteiger charge is 2.14. The molecule has 3 rings (SSSR count). The Balaban J connectivity index is 1.63. The van der Waals surface area contributed by atoms with Gasteiger partial charge in [-0.15, -0.1) is 0 Å². The number of aromatic nitrogens is 2. The highest BCUT2D eigenvalue weighted by Crippen LogP contribution is 2.20. The first-order chi connectivity index (χ1) is 12.1.